The number of imidazole rings is 2. The number of aryl methyl sites for hydroxylation is 2. The Hall–Kier alpha value is -1.64. The molecule has 0 saturated carbocycles. The lowest BCUT2D eigenvalue weighted by molar-refractivity contribution is 0.573. The number of halogens is 2. The lowest BCUT2D eigenvalue weighted by Gasteiger charge is -2.07. The Bertz CT molecular complexity index is 735. The Morgan fingerprint density at radius 1 is 1.30 bits per heavy atom. The maximum absolute atomic E-state index is 13.7. The number of nitrogen functional groups attached to an aromatic ring is 1. The molecule has 0 amide bonds. The van der Waals surface area contributed by atoms with Crippen LogP contribution in [-0.2, 0) is 13.1 Å². The van der Waals surface area contributed by atoms with Gasteiger partial charge >= 0.3 is 0 Å². The zero-order valence-electron chi connectivity index (χ0n) is 10.6. The highest BCUT2D eigenvalue weighted by Gasteiger charge is 2.11. The van der Waals surface area contributed by atoms with E-state index in [9.17, 15) is 4.39 Å². The largest absolute Gasteiger partial charge is 0.369 e. The second-order valence-corrected chi connectivity index (χ2v) is 5.69. The monoisotopic (exact) mass is 385 g/mol. The summed E-state index contributed by atoms with van der Waals surface area (Å²) in [7, 11) is 0. The van der Waals surface area contributed by atoms with Crippen molar-refractivity contribution in [2.75, 3.05) is 5.73 Å². The van der Waals surface area contributed by atoms with Crippen molar-refractivity contribution < 1.29 is 4.39 Å². The van der Waals surface area contributed by atoms with Crippen LogP contribution in [0, 0.1) is 9.39 Å². The van der Waals surface area contributed by atoms with E-state index in [1.54, 1.807) is 18.6 Å². The van der Waals surface area contributed by atoms with Crippen molar-refractivity contribution in [2.24, 2.45) is 0 Å². The van der Waals surface area contributed by atoms with Crippen LogP contribution in [0.4, 0.5) is 10.3 Å². The van der Waals surface area contributed by atoms with Gasteiger partial charge in [0.25, 0.3) is 0 Å². The van der Waals surface area contributed by atoms with E-state index in [4.69, 9.17) is 5.73 Å². The molecule has 3 aromatic rings. The first-order valence-corrected chi connectivity index (χ1v) is 7.29. The summed E-state index contributed by atoms with van der Waals surface area (Å²) in [5, 5.41) is 0. The fourth-order valence-electron chi connectivity index (χ4n) is 2.20. The highest BCUT2D eigenvalue weighted by Crippen LogP contribution is 2.23. The average molecular weight is 385 g/mol. The summed E-state index contributed by atoms with van der Waals surface area (Å²) in [6.45, 7) is 1.53. The highest BCUT2D eigenvalue weighted by atomic mass is 127. The molecule has 1 aromatic carbocycles. The van der Waals surface area contributed by atoms with Gasteiger partial charge in [-0.1, -0.05) is 0 Å². The molecular weight excluding hydrogens is 372 g/mol. The van der Waals surface area contributed by atoms with Gasteiger partial charge in [-0.05, 0) is 35.1 Å². The molecule has 20 heavy (non-hydrogen) atoms. The van der Waals surface area contributed by atoms with Gasteiger partial charge < -0.3 is 14.9 Å². The Morgan fingerprint density at radius 2 is 2.15 bits per heavy atom. The predicted molar refractivity (Wildman–Crippen MR) is 83.7 cm³/mol. The molecule has 5 nitrogen and oxygen atoms in total. The summed E-state index contributed by atoms with van der Waals surface area (Å²) in [5.74, 6) is 0.181. The number of anilines is 1. The van der Waals surface area contributed by atoms with Gasteiger partial charge in [0.05, 0.1) is 20.9 Å². The molecule has 2 heterocycles. The second-order valence-electron chi connectivity index (χ2n) is 4.53. The predicted octanol–water partition coefficient (Wildman–Crippen LogP) is 2.65. The first-order valence-electron chi connectivity index (χ1n) is 6.21. The van der Waals surface area contributed by atoms with Crippen molar-refractivity contribution in [2.45, 2.75) is 19.5 Å². The molecule has 2 aromatic heterocycles. The molecule has 0 saturated heterocycles. The SMILES string of the molecule is Nc1nc2cc(I)c(F)cc2n1CCCn1ccnc1. The number of hydrogen-bond donors (Lipinski definition) is 1. The standard InChI is InChI=1S/C13H13FIN5/c14-9-6-12-11(7-10(9)15)18-13(16)20(12)4-1-3-19-5-2-17-8-19/h2,5-8H,1,3-4H2,(H2,16,18). The normalized spacial score (nSPS) is 11.3. The fourth-order valence-corrected chi connectivity index (χ4v) is 2.65. The molecule has 0 spiro atoms. The minimum absolute atomic E-state index is 0.242. The zero-order valence-corrected chi connectivity index (χ0v) is 12.8. The number of rotatable bonds is 4. The van der Waals surface area contributed by atoms with Gasteiger partial charge in [-0.3, -0.25) is 0 Å². The Kier molecular flexibility index (Phi) is 3.60. The van der Waals surface area contributed by atoms with E-state index in [0.29, 0.717) is 16.1 Å². The first-order chi connectivity index (χ1) is 9.65. The van der Waals surface area contributed by atoms with Crippen molar-refractivity contribution in [3.05, 3.63) is 40.2 Å². The van der Waals surface area contributed by atoms with Gasteiger partial charge in [-0.15, -0.1) is 0 Å². The van der Waals surface area contributed by atoms with Gasteiger partial charge in [-0.25, -0.2) is 14.4 Å². The van der Waals surface area contributed by atoms with Gasteiger partial charge in [0.15, 0.2) is 0 Å². The average Bonchev–Trinajstić information content (AvgIpc) is 3.01. The molecule has 0 unspecified atom stereocenters. The lowest BCUT2D eigenvalue weighted by atomic mass is 10.3. The molecule has 2 N–H and O–H groups in total. The van der Waals surface area contributed by atoms with Crippen molar-refractivity contribution in [3.63, 3.8) is 0 Å². The molecule has 0 atom stereocenters. The zero-order chi connectivity index (χ0) is 14.1. The van der Waals surface area contributed by atoms with Crippen LogP contribution in [0.2, 0.25) is 0 Å². The molecule has 0 aliphatic carbocycles. The minimum atomic E-state index is -0.242. The Morgan fingerprint density at radius 3 is 2.90 bits per heavy atom. The topological polar surface area (TPSA) is 61.7 Å². The minimum Gasteiger partial charge on any atom is -0.369 e. The van der Waals surface area contributed by atoms with Crippen LogP contribution < -0.4 is 5.73 Å². The van der Waals surface area contributed by atoms with E-state index in [0.717, 1.165) is 24.0 Å². The molecule has 0 fully saturated rings. The Balaban J connectivity index is 1.83. The van der Waals surface area contributed by atoms with E-state index in [-0.39, 0.29) is 5.82 Å². The molecule has 7 heteroatoms. The highest BCUT2D eigenvalue weighted by molar-refractivity contribution is 14.1. The fraction of sp³-hybridized carbons (Fsp3) is 0.231. The Labute approximate surface area is 128 Å². The van der Waals surface area contributed by atoms with Crippen LogP contribution >= 0.6 is 22.6 Å². The van der Waals surface area contributed by atoms with Gasteiger partial charge in [0.2, 0.25) is 5.95 Å². The number of fused-ring (bicyclic) bond motifs is 1. The van der Waals surface area contributed by atoms with Crippen molar-refractivity contribution in [1.82, 2.24) is 19.1 Å². The van der Waals surface area contributed by atoms with Crippen LogP contribution in [0.3, 0.4) is 0 Å². The third-order valence-electron chi connectivity index (χ3n) is 3.18. The van der Waals surface area contributed by atoms with E-state index in [1.807, 2.05) is 37.9 Å². The van der Waals surface area contributed by atoms with Gasteiger partial charge in [0.1, 0.15) is 5.82 Å². The second kappa shape index (κ2) is 5.39. The third-order valence-corrected chi connectivity index (χ3v) is 4.00. The third kappa shape index (κ3) is 2.49. The van der Waals surface area contributed by atoms with Crippen LogP contribution in [0.25, 0.3) is 11.0 Å². The van der Waals surface area contributed by atoms with Crippen molar-refractivity contribution in [1.29, 1.82) is 0 Å². The number of aromatic nitrogens is 4. The number of nitrogens with zero attached hydrogens (tertiary/aromatic N) is 4. The van der Waals surface area contributed by atoms with Crippen molar-refractivity contribution in [3.8, 4) is 0 Å². The number of benzene rings is 1. The summed E-state index contributed by atoms with van der Waals surface area (Å²) in [6, 6.07) is 3.21. The van der Waals surface area contributed by atoms with Crippen LogP contribution in [0.15, 0.2) is 30.9 Å². The van der Waals surface area contributed by atoms with Crippen LogP contribution in [-0.4, -0.2) is 19.1 Å². The van der Waals surface area contributed by atoms with E-state index in [2.05, 4.69) is 9.97 Å². The quantitative estimate of drug-likeness (QED) is 0.703. The first kappa shape index (κ1) is 13.3. The molecule has 0 bridgehead atoms. The summed E-state index contributed by atoms with van der Waals surface area (Å²) in [5.41, 5.74) is 7.39. The van der Waals surface area contributed by atoms with Crippen LogP contribution in [0.1, 0.15) is 6.42 Å². The maximum Gasteiger partial charge on any atom is 0.201 e. The molecular formula is C13H13FIN5. The van der Waals surface area contributed by atoms with E-state index >= 15 is 0 Å². The number of hydrogen-bond acceptors (Lipinski definition) is 3. The summed E-state index contributed by atoms with van der Waals surface area (Å²) < 4.78 is 18.1. The lowest BCUT2D eigenvalue weighted by Crippen LogP contribution is -2.06. The van der Waals surface area contributed by atoms with Crippen molar-refractivity contribution >= 4 is 39.6 Å². The molecule has 104 valence electrons. The van der Waals surface area contributed by atoms with Gasteiger partial charge in [0, 0.05) is 31.5 Å². The molecule has 3 rings (SSSR count). The summed E-state index contributed by atoms with van der Waals surface area (Å²) >= 11 is 1.95. The van der Waals surface area contributed by atoms with Crippen LogP contribution in [0.5, 0.6) is 0 Å². The molecule has 0 aliphatic rings. The smallest absolute Gasteiger partial charge is 0.201 e. The summed E-state index contributed by atoms with van der Waals surface area (Å²) in [6.07, 6.45) is 6.31. The van der Waals surface area contributed by atoms with E-state index < -0.39 is 0 Å². The van der Waals surface area contributed by atoms with E-state index in [1.165, 1.54) is 6.07 Å². The summed E-state index contributed by atoms with van der Waals surface area (Å²) in [4.78, 5) is 8.28. The molecule has 0 radical (unpaired) electrons. The number of nitrogens with two attached hydrogens (primary N) is 1. The molecule has 0 aliphatic heterocycles. The van der Waals surface area contributed by atoms with Gasteiger partial charge in [-0.2, -0.15) is 0 Å². The maximum atomic E-state index is 13.7.